The van der Waals surface area contributed by atoms with Crippen molar-refractivity contribution >= 4 is 13.8 Å². The molecule has 8 nitrogen and oxygen atoms in total. The van der Waals surface area contributed by atoms with Gasteiger partial charge in [0.25, 0.3) is 7.82 Å². The molecule has 0 amide bonds. The number of rotatable bonds is 47. The minimum atomic E-state index is -4.52. The van der Waals surface area contributed by atoms with Crippen LogP contribution in [0.3, 0.4) is 0 Å². The molecule has 0 aliphatic heterocycles. The van der Waals surface area contributed by atoms with Crippen molar-refractivity contribution in [2.45, 2.75) is 251 Å². The number of phosphoric ester groups is 1. The normalized spacial score (nSPS) is 13.6. The number of carbonyl (C=O) groups excluding carboxylic acids is 1. The number of quaternary nitrogens is 1. The van der Waals surface area contributed by atoms with E-state index in [-0.39, 0.29) is 25.8 Å². The summed E-state index contributed by atoms with van der Waals surface area (Å²) in [5, 5.41) is 0. The third-order valence-electron chi connectivity index (χ3n) is 11.2. The van der Waals surface area contributed by atoms with Gasteiger partial charge in [0, 0.05) is 13.0 Å². The molecule has 0 aromatic heterocycles. The summed E-state index contributed by atoms with van der Waals surface area (Å²) < 4.78 is 34.7. The van der Waals surface area contributed by atoms with Gasteiger partial charge in [0.1, 0.15) is 19.3 Å². The van der Waals surface area contributed by atoms with Crippen molar-refractivity contribution in [2.75, 3.05) is 54.1 Å². The molecule has 0 aromatic carbocycles. The highest BCUT2D eigenvalue weighted by Gasteiger charge is 2.20. The van der Waals surface area contributed by atoms with Crippen LogP contribution >= 0.6 is 7.82 Å². The van der Waals surface area contributed by atoms with Crippen LogP contribution in [-0.2, 0) is 27.9 Å². The number of unbranched alkanes of at least 4 members (excludes halogenated alkanes) is 33. The van der Waals surface area contributed by atoms with Gasteiger partial charge in [-0.1, -0.05) is 226 Å². The molecule has 2 atom stereocenters. The molecule has 0 aliphatic rings. The van der Waals surface area contributed by atoms with E-state index in [2.05, 4.69) is 13.8 Å². The third-order valence-corrected chi connectivity index (χ3v) is 12.1. The van der Waals surface area contributed by atoms with E-state index in [9.17, 15) is 14.3 Å². The molecule has 0 rings (SSSR count). The Balaban J connectivity index is 4.10. The SMILES string of the molecule is CCCCCCCCCCCCCCCCCCCCCCC(=O)OC(COCCCCCCCCCCCCCCCCC)COP(=O)([O-])OCC[N+](C)(C)C. The molecular formula is C48H98NO7P. The van der Waals surface area contributed by atoms with E-state index < -0.39 is 13.9 Å². The monoisotopic (exact) mass is 832 g/mol. The Morgan fingerprint density at radius 3 is 1.16 bits per heavy atom. The van der Waals surface area contributed by atoms with Crippen LogP contribution in [-0.4, -0.2) is 70.7 Å². The van der Waals surface area contributed by atoms with Crippen LogP contribution in [0.4, 0.5) is 0 Å². The fourth-order valence-corrected chi connectivity index (χ4v) is 8.04. The summed E-state index contributed by atoms with van der Waals surface area (Å²) in [5.74, 6) is -0.326. The third kappa shape index (κ3) is 46.4. The predicted octanol–water partition coefficient (Wildman–Crippen LogP) is 14.2. The maximum Gasteiger partial charge on any atom is 0.306 e. The quantitative estimate of drug-likeness (QED) is 0.0261. The fraction of sp³-hybridized carbons (Fsp3) is 0.979. The molecule has 0 aliphatic carbocycles. The lowest BCUT2D eigenvalue weighted by molar-refractivity contribution is -0.870. The summed E-state index contributed by atoms with van der Waals surface area (Å²) in [5.41, 5.74) is 0. The molecule has 0 aromatic rings. The molecule has 0 radical (unpaired) electrons. The van der Waals surface area contributed by atoms with Gasteiger partial charge in [-0.15, -0.1) is 0 Å². The van der Waals surface area contributed by atoms with Gasteiger partial charge in [-0.2, -0.15) is 0 Å². The number of carbonyl (C=O) groups is 1. The van der Waals surface area contributed by atoms with Crippen molar-refractivity contribution in [3.05, 3.63) is 0 Å². The Morgan fingerprint density at radius 1 is 0.474 bits per heavy atom. The zero-order chi connectivity index (χ0) is 42.0. The van der Waals surface area contributed by atoms with Crippen molar-refractivity contribution in [3.63, 3.8) is 0 Å². The highest BCUT2D eigenvalue weighted by Crippen LogP contribution is 2.38. The molecule has 9 heteroatoms. The van der Waals surface area contributed by atoms with Crippen LogP contribution in [0, 0.1) is 0 Å². The second-order valence-electron chi connectivity index (χ2n) is 18.2. The first kappa shape index (κ1) is 56.5. The maximum atomic E-state index is 12.7. The predicted molar refractivity (Wildman–Crippen MR) is 241 cm³/mol. The Hall–Kier alpha value is -0.500. The minimum absolute atomic E-state index is 0.0316. The number of esters is 1. The van der Waals surface area contributed by atoms with Crippen LogP contribution in [0.15, 0.2) is 0 Å². The van der Waals surface area contributed by atoms with Crippen molar-refractivity contribution in [2.24, 2.45) is 0 Å². The molecule has 0 N–H and O–H groups in total. The van der Waals surface area contributed by atoms with Gasteiger partial charge in [-0.05, 0) is 12.8 Å². The molecular weight excluding hydrogens is 734 g/mol. The number of likely N-dealkylation sites (N-methyl/N-ethyl adjacent to an activating group) is 1. The summed E-state index contributed by atoms with van der Waals surface area (Å²) in [6.07, 6.45) is 45.4. The van der Waals surface area contributed by atoms with Gasteiger partial charge in [-0.3, -0.25) is 9.36 Å². The van der Waals surface area contributed by atoms with Crippen molar-refractivity contribution in [3.8, 4) is 0 Å². The smallest absolute Gasteiger partial charge is 0.306 e. The first-order valence-electron chi connectivity index (χ1n) is 24.8. The van der Waals surface area contributed by atoms with Crippen molar-refractivity contribution < 1.29 is 37.3 Å². The first-order chi connectivity index (χ1) is 27.6. The topological polar surface area (TPSA) is 94.1 Å². The first-order valence-corrected chi connectivity index (χ1v) is 26.2. The zero-order valence-electron chi connectivity index (χ0n) is 38.8. The Morgan fingerprint density at radius 2 is 0.807 bits per heavy atom. The van der Waals surface area contributed by atoms with Crippen LogP contribution in [0.1, 0.15) is 245 Å². The van der Waals surface area contributed by atoms with E-state index in [0.29, 0.717) is 24.1 Å². The highest BCUT2D eigenvalue weighted by atomic mass is 31.2. The van der Waals surface area contributed by atoms with Gasteiger partial charge in [0.15, 0.2) is 0 Å². The second-order valence-corrected chi connectivity index (χ2v) is 19.6. The van der Waals surface area contributed by atoms with Crippen molar-refractivity contribution in [1.82, 2.24) is 0 Å². The fourth-order valence-electron chi connectivity index (χ4n) is 7.31. The Labute approximate surface area is 355 Å². The minimum Gasteiger partial charge on any atom is -0.756 e. The molecule has 342 valence electrons. The molecule has 0 fully saturated rings. The number of ether oxygens (including phenoxy) is 2. The molecule has 0 heterocycles. The molecule has 0 spiro atoms. The zero-order valence-corrected chi connectivity index (χ0v) is 39.7. The number of phosphoric acid groups is 1. The molecule has 2 unspecified atom stereocenters. The number of hydrogen-bond acceptors (Lipinski definition) is 7. The van der Waals surface area contributed by atoms with Gasteiger partial charge in [0.2, 0.25) is 0 Å². The molecule has 57 heavy (non-hydrogen) atoms. The molecule has 0 saturated heterocycles. The number of nitrogens with zero attached hydrogens (tertiary/aromatic N) is 1. The lowest BCUT2D eigenvalue weighted by Gasteiger charge is -2.28. The summed E-state index contributed by atoms with van der Waals surface area (Å²) in [7, 11) is 1.38. The van der Waals surface area contributed by atoms with Crippen molar-refractivity contribution in [1.29, 1.82) is 0 Å². The summed E-state index contributed by atoms with van der Waals surface area (Å²) in [4.78, 5) is 25.1. The van der Waals surface area contributed by atoms with Crippen LogP contribution in [0.2, 0.25) is 0 Å². The van der Waals surface area contributed by atoms with Gasteiger partial charge < -0.3 is 27.9 Å². The average Bonchev–Trinajstić information content (AvgIpc) is 3.16. The van der Waals surface area contributed by atoms with E-state index >= 15 is 0 Å². The Kier molecular flexibility index (Phi) is 41.8. The van der Waals surface area contributed by atoms with E-state index in [1.165, 1.54) is 193 Å². The van der Waals surface area contributed by atoms with Gasteiger partial charge >= 0.3 is 5.97 Å². The highest BCUT2D eigenvalue weighted by molar-refractivity contribution is 7.45. The summed E-state index contributed by atoms with van der Waals surface area (Å²) in [6.45, 7) is 5.49. The maximum absolute atomic E-state index is 12.7. The number of hydrogen-bond donors (Lipinski definition) is 0. The van der Waals surface area contributed by atoms with Crippen LogP contribution < -0.4 is 4.89 Å². The lowest BCUT2D eigenvalue weighted by Crippen LogP contribution is -2.37. The van der Waals surface area contributed by atoms with Crippen LogP contribution in [0.5, 0.6) is 0 Å². The molecule has 0 bridgehead atoms. The summed E-state index contributed by atoms with van der Waals surface area (Å²) >= 11 is 0. The van der Waals surface area contributed by atoms with E-state index in [4.69, 9.17) is 18.5 Å². The largest absolute Gasteiger partial charge is 0.756 e. The van der Waals surface area contributed by atoms with E-state index in [0.717, 1.165) is 32.1 Å². The standard InChI is InChI=1S/C48H98NO7P/c1-6-8-10-12-14-16-18-20-22-23-24-25-26-27-29-31-33-35-37-39-41-48(50)56-47(46-55-57(51,52)54-44-42-49(3,4)5)45-53-43-40-38-36-34-32-30-28-21-19-17-15-13-11-9-7-2/h47H,6-46H2,1-5H3. The lowest BCUT2D eigenvalue weighted by atomic mass is 10.0. The second kappa shape index (κ2) is 42.2. The van der Waals surface area contributed by atoms with Gasteiger partial charge in [-0.25, -0.2) is 0 Å². The van der Waals surface area contributed by atoms with Crippen LogP contribution in [0.25, 0.3) is 0 Å². The average molecular weight is 832 g/mol. The summed E-state index contributed by atoms with van der Waals surface area (Å²) in [6, 6.07) is 0. The van der Waals surface area contributed by atoms with E-state index in [1.807, 2.05) is 21.1 Å². The molecule has 0 saturated carbocycles. The van der Waals surface area contributed by atoms with Gasteiger partial charge in [0.05, 0.1) is 34.4 Å². The Bertz CT molecular complexity index is 883. The van der Waals surface area contributed by atoms with E-state index in [1.54, 1.807) is 0 Å².